The third kappa shape index (κ3) is 8.00. The molecule has 0 saturated carbocycles. The summed E-state index contributed by atoms with van der Waals surface area (Å²) in [5.74, 6) is -0.888. The first kappa shape index (κ1) is 23.9. The predicted molar refractivity (Wildman–Crippen MR) is 135 cm³/mol. The molecular weight excluding hydrogens is 533 g/mol. The lowest BCUT2D eigenvalue weighted by Crippen LogP contribution is -2.35. The largest absolute Gasteiger partial charge is 0.423 e. The molecule has 0 radical (unpaired) electrons. The van der Waals surface area contributed by atoms with Gasteiger partial charge in [0.05, 0.1) is 18.3 Å². The lowest BCUT2D eigenvalue weighted by molar-refractivity contribution is -0.129. The SMILES string of the molecule is O=C(CNC(=O)c1ccccc1I)NN=Cc1ccc(OC(=O)C=Cc2ccccc2)cc1. The van der Waals surface area contributed by atoms with E-state index in [0.29, 0.717) is 16.9 Å². The second kappa shape index (κ2) is 12.3. The number of hydrazone groups is 1. The summed E-state index contributed by atoms with van der Waals surface area (Å²) in [6.45, 7) is -0.202. The van der Waals surface area contributed by atoms with Crippen molar-refractivity contribution < 1.29 is 19.1 Å². The number of halogens is 1. The highest BCUT2D eigenvalue weighted by Gasteiger charge is 2.10. The number of carbonyl (C=O) groups excluding carboxylic acids is 3. The maximum Gasteiger partial charge on any atom is 0.336 e. The van der Waals surface area contributed by atoms with Crippen LogP contribution >= 0.6 is 22.6 Å². The fraction of sp³-hybridized carbons (Fsp3) is 0.0400. The molecule has 0 spiro atoms. The Kier molecular flexibility index (Phi) is 8.89. The fourth-order valence-electron chi connectivity index (χ4n) is 2.62. The van der Waals surface area contributed by atoms with Crippen molar-refractivity contribution in [2.75, 3.05) is 6.54 Å². The van der Waals surface area contributed by atoms with E-state index in [9.17, 15) is 14.4 Å². The predicted octanol–water partition coefficient (Wildman–Crippen LogP) is 3.79. The number of esters is 1. The Morgan fingerprint density at radius 2 is 1.58 bits per heavy atom. The van der Waals surface area contributed by atoms with Gasteiger partial charge in [0, 0.05) is 9.65 Å². The summed E-state index contributed by atoms with van der Waals surface area (Å²) >= 11 is 2.06. The Morgan fingerprint density at radius 1 is 0.879 bits per heavy atom. The monoisotopic (exact) mass is 553 g/mol. The Bertz CT molecular complexity index is 1180. The lowest BCUT2D eigenvalue weighted by atomic mass is 10.2. The third-order valence-corrected chi connectivity index (χ3v) is 5.18. The number of rotatable bonds is 8. The minimum atomic E-state index is -0.486. The van der Waals surface area contributed by atoms with Crippen molar-refractivity contribution in [3.63, 3.8) is 0 Å². The zero-order valence-corrected chi connectivity index (χ0v) is 19.6. The van der Waals surface area contributed by atoms with Gasteiger partial charge in [0.25, 0.3) is 11.8 Å². The average molecular weight is 553 g/mol. The van der Waals surface area contributed by atoms with Crippen LogP contribution in [0.2, 0.25) is 0 Å². The Hall–Kier alpha value is -3.79. The maximum absolute atomic E-state index is 12.1. The van der Waals surface area contributed by atoms with E-state index < -0.39 is 11.9 Å². The van der Waals surface area contributed by atoms with E-state index in [1.54, 1.807) is 42.5 Å². The van der Waals surface area contributed by atoms with Gasteiger partial charge < -0.3 is 10.1 Å². The van der Waals surface area contributed by atoms with E-state index in [4.69, 9.17) is 4.74 Å². The Labute approximate surface area is 204 Å². The van der Waals surface area contributed by atoms with Crippen LogP contribution in [-0.4, -0.2) is 30.5 Å². The van der Waals surface area contributed by atoms with Gasteiger partial charge in [-0.25, -0.2) is 10.2 Å². The molecule has 0 heterocycles. The molecule has 0 fully saturated rings. The summed E-state index contributed by atoms with van der Waals surface area (Å²) in [5.41, 5.74) is 4.45. The van der Waals surface area contributed by atoms with Crippen molar-refractivity contribution in [2.45, 2.75) is 0 Å². The van der Waals surface area contributed by atoms with E-state index in [0.717, 1.165) is 9.13 Å². The van der Waals surface area contributed by atoms with Crippen LogP contribution in [0.5, 0.6) is 5.75 Å². The Balaban J connectivity index is 1.42. The standard InChI is InChI=1S/C25H20IN3O4/c26-22-9-5-4-8-21(22)25(32)27-17-23(30)29-28-16-19-10-13-20(14-11-19)33-24(31)15-12-18-6-2-1-3-7-18/h1-16H,17H2,(H,27,32)(H,29,30). The number of nitrogens with one attached hydrogen (secondary N) is 2. The van der Waals surface area contributed by atoms with Crippen molar-refractivity contribution in [1.29, 1.82) is 0 Å². The van der Waals surface area contributed by atoms with E-state index >= 15 is 0 Å². The fourth-order valence-corrected chi connectivity index (χ4v) is 3.25. The summed E-state index contributed by atoms with van der Waals surface area (Å²) in [4.78, 5) is 35.9. The minimum Gasteiger partial charge on any atom is -0.423 e. The van der Waals surface area contributed by atoms with Gasteiger partial charge in [-0.15, -0.1) is 0 Å². The van der Waals surface area contributed by atoms with Gasteiger partial charge in [0.2, 0.25) is 0 Å². The van der Waals surface area contributed by atoms with Gasteiger partial charge in [-0.2, -0.15) is 5.10 Å². The molecule has 3 aromatic rings. The van der Waals surface area contributed by atoms with Crippen molar-refractivity contribution >= 4 is 52.7 Å². The Morgan fingerprint density at radius 3 is 2.30 bits per heavy atom. The summed E-state index contributed by atoms with van der Waals surface area (Å²) in [6, 6.07) is 23.2. The first-order chi connectivity index (χ1) is 16.0. The normalized spacial score (nSPS) is 10.8. The summed E-state index contributed by atoms with van der Waals surface area (Å²) < 4.78 is 6.05. The molecule has 0 aromatic heterocycles. The van der Waals surface area contributed by atoms with E-state index in [2.05, 4.69) is 38.4 Å². The molecule has 2 N–H and O–H groups in total. The number of hydrogen-bond donors (Lipinski definition) is 2. The van der Waals surface area contributed by atoms with Crippen LogP contribution in [0.15, 0.2) is 90.0 Å². The lowest BCUT2D eigenvalue weighted by Gasteiger charge is -2.05. The smallest absolute Gasteiger partial charge is 0.336 e. The van der Waals surface area contributed by atoms with Gasteiger partial charge >= 0.3 is 5.97 Å². The highest BCUT2D eigenvalue weighted by molar-refractivity contribution is 14.1. The molecule has 3 aromatic carbocycles. The molecule has 0 aliphatic carbocycles. The van der Waals surface area contributed by atoms with E-state index in [1.165, 1.54) is 12.3 Å². The quantitative estimate of drug-likeness (QED) is 0.111. The molecular formula is C25H20IN3O4. The summed E-state index contributed by atoms with van der Waals surface area (Å²) in [7, 11) is 0. The third-order valence-electron chi connectivity index (χ3n) is 4.24. The zero-order valence-electron chi connectivity index (χ0n) is 17.4. The topological polar surface area (TPSA) is 96.9 Å². The van der Waals surface area contributed by atoms with Crippen LogP contribution < -0.4 is 15.5 Å². The van der Waals surface area contributed by atoms with Crippen LogP contribution in [0.1, 0.15) is 21.5 Å². The number of benzene rings is 3. The molecule has 8 heteroatoms. The minimum absolute atomic E-state index is 0.202. The molecule has 0 unspecified atom stereocenters. The number of carbonyl (C=O) groups is 3. The molecule has 2 amide bonds. The van der Waals surface area contributed by atoms with Crippen molar-refractivity contribution in [3.8, 4) is 5.75 Å². The number of nitrogens with zero attached hydrogens (tertiary/aromatic N) is 1. The van der Waals surface area contributed by atoms with Crippen molar-refractivity contribution in [1.82, 2.24) is 10.7 Å². The molecule has 166 valence electrons. The van der Waals surface area contributed by atoms with Crippen molar-refractivity contribution in [2.24, 2.45) is 5.10 Å². The molecule has 0 aliphatic rings. The maximum atomic E-state index is 12.1. The van der Waals surface area contributed by atoms with Gasteiger partial charge in [0.1, 0.15) is 5.75 Å². The zero-order chi connectivity index (χ0) is 23.5. The summed E-state index contributed by atoms with van der Waals surface area (Å²) in [6.07, 6.45) is 4.48. The highest BCUT2D eigenvalue weighted by atomic mass is 127. The molecule has 3 rings (SSSR count). The van der Waals surface area contributed by atoms with Crippen LogP contribution in [0.4, 0.5) is 0 Å². The second-order valence-electron chi connectivity index (χ2n) is 6.69. The van der Waals surface area contributed by atoms with E-state index in [1.807, 2.05) is 42.5 Å². The average Bonchev–Trinajstić information content (AvgIpc) is 2.83. The van der Waals surface area contributed by atoms with Crippen LogP contribution in [-0.2, 0) is 9.59 Å². The van der Waals surface area contributed by atoms with Crippen LogP contribution in [0.3, 0.4) is 0 Å². The number of hydrogen-bond acceptors (Lipinski definition) is 5. The van der Waals surface area contributed by atoms with Gasteiger partial charge in [0.15, 0.2) is 0 Å². The molecule has 33 heavy (non-hydrogen) atoms. The van der Waals surface area contributed by atoms with Crippen molar-refractivity contribution in [3.05, 3.63) is 105 Å². The molecule has 0 bridgehead atoms. The molecule has 0 aliphatic heterocycles. The summed E-state index contributed by atoms with van der Waals surface area (Å²) in [5, 5.41) is 6.42. The number of ether oxygens (including phenoxy) is 1. The van der Waals surface area contributed by atoms with Crippen LogP contribution in [0.25, 0.3) is 6.08 Å². The second-order valence-corrected chi connectivity index (χ2v) is 7.85. The molecule has 7 nitrogen and oxygen atoms in total. The van der Waals surface area contributed by atoms with Gasteiger partial charge in [-0.05, 0) is 76.2 Å². The van der Waals surface area contributed by atoms with Crippen LogP contribution in [0, 0.1) is 3.57 Å². The highest BCUT2D eigenvalue weighted by Crippen LogP contribution is 2.12. The van der Waals surface area contributed by atoms with Gasteiger partial charge in [-0.1, -0.05) is 42.5 Å². The molecule has 0 atom stereocenters. The van der Waals surface area contributed by atoms with Gasteiger partial charge in [-0.3, -0.25) is 9.59 Å². The van der Waals surface area contributed by atoms with E-state index in [-0.39, 0.29) is 12.5 Å². The number of amides is 2. The first-order valence-electron chi connectivity index (χ1n) is 9.91. The molecule has 0 saturated heterocycles. The first-order valence-corrected chi connectivity index (χ1v) is 11.0.